The molecule has 4 amide bonds. The second-order valence-corrected chi connectivity index (χ2v) is 6.76. The molecule has 2 N–H and O–H groups in total. The number of amides is 4. The smallest absolute Gasteiger partial charge is 0.322 e. The lowest BCUT2D eigenvalue weighted by molar-refractivity contribution is 0.205. The summed E-state index contributed by atoms with van der Waals surface area (Å²) in [6, 6.07) is 11.4. The van der Waals surface area contributed by atoms with Gasteiger partial charge in [-0.15, -0.1) is 0 Å². The highest BCUT2D eigenvalue weighted by Gasteiger charge is 2.31. The van der Waals surface area contributed by atoms with Crippen LogP contribution in [0.4, 0.5) is 21.0 Å². The topological polar surface area (TPSA) is 69.6 Å². The predicted octanol–water partition coefficient (Wildman–Crippen LogP) is 2.92. The molecule has 4 rings (SSSR count). The molecule has 1 atom stereocenters. The van der Waals surface area contributed by atoms with Crippen LogP contribution in [0.15, 0.2) is 42.6 Å². The van der Waals surface area contributed by atoms with Gasteiger partial charge in [0.05, 0.1) is 6.04 Å². The van der Waals surface area contributed by atoms with Crippen molar-refractivity contribution < 1.29 is 9.59 Å². The number of aromatic nitrogens is 1. The number of carbonyl (C=O) groups excluding carboxylic acids is 2. The number of hydrogen-bond acceptors (Lipinski definition) is 2. The lowest BCUT2D eigenvalue weighted by Crippen LogP contribution is -2.35. The number of aryl methyl sites for hydroxylation is 1. The molecule has 2 aliphatic rings. The SMILES string of the molecule is Cn1cccc1C1CCCN1C(=O)Nc1cccc(N2CCNC2=O)c1. The third kappa shape index (κ3) is 3.00. The van der Waals surface area contributed by atoms with Crippen LogP contribution in [0.2, 0.25) is 0 Å². The number of urea groups is 2. The lowest BCUT2D eigenvalue weighted by Gasteiger charge is -2.26. The van der Waals surface area contributed by atoms with Gasteiger partial charge in [-0.2, -0.15) is 0 Å². The first-order valence-electron chi connectivity index (χ1n) is 8.98. The average Bonchev–Trinajstić information content (AvgIpc) is 3.35. The average molecular weight is 353 g/mol. The molecular formula is C19H23N5O2. The first kappa shape index (κ1) is 16.5. The lowest BCUT2D eigenvalue weighted by atomic mass is 10.1. The van der Waals surface area contributed by atoms with Crippen LogP contribution in [0.1, 0.15) is 24.6 Å². The maximum absolute atomic E-state index is 12.8. The summed E-state index contributed by atoms with van der Waals surface area (Å²) in [6.07, 6.45) is 3.98. The van der Waals surface area contributed by atoms with Crippen LogP contribution in [0.25, 0.3) is 0 Å². The van der Waals surface area contributed by atoms with Crippen molar-refractivity contribution in [2.24, 2.45) is 7.05 Å². The zero-order valence-electron chi connectivity index (χ0n) is 14.8. The molecule has 136 valence electrons. The fourth-order valence-electron chi connectivity index (χ4n) is 3.80. The molecule has 1 unspecified atom stereocenters. The van der Waals surface area contributed by atoms with Crippen molar-refractivity contribution in [3.05, 3.63) is 48.3 Å². The number of nitrogens with zero attached hydrogens (tertiary/aromatic N) is 3. The molecule has 7 heteroatoms. The minimum absolute atomic E-state index is 0.0996. The van der Waals surface area contributed by atoms with Crippen molar-refractivity contribution >= 4 is 23.4 Å². The number of carbonyl (C=O) groups is 2. The molecule has 2 aliphatic heterocycles. The minimum atomic E-state index is -0.100. The van der Waals surface area contributed by atoms with E-state index >= 15 is 0 Å². The molecule has 1 aromatic carbocycles. The Bertz CT molecular complexity index is 831. The van der Waals surface area contributed by atoms with Crippen molar-refractivity contribution in [2.75, 3.05) is 29.9 Å². The van der Waals surface area contributed by atoms with Crippen molar-refractivity contribution in [3.63, 3.8) is 0 Å². The Morgan fingerprint density at radius 3 is 2.85 bits per heavy atom. The summed E-state index contributed by atoms with van der Waals surface area (Å²) in [5.41, 5.74) is 2.64. The first-order valence-corrected chi connectivity index (χ1v) is 8.98. The fraction of sp³-hybridized carbons (Fsp3) is 0.368. The van der Waals surface area contributed by atoms with E-state index in [1.165, 1.54) is 0 Å². The maximum Gasteiger partial charge on any atom is 0.322 e. The number of nitrogens with one attached hydrogen (secondary N) is 2. The van der Waals surface area contributed by atoms with Crippen LogP contribution >= 0.6 is 0 Å². The van der Waals surface area contributed by atoms with Gasteiger partial charge in [0, 0.05) is 49.9 Å². The summed E-state index contributed by atoms with van der Waals surface area (Å²) in [4.78, 5) is 28.3. The highest BCUT2D eigenvalue weighted by Crippen LogP contribution is 2.32. The number of hydrogen-bond donors (Lipinski definition) is 2. The van der Waals surface area contributed by atoms with Gasteiger partial charge in [-0.3, -0.25) is 4.90 Å². The highest BCUT2D eigenvalue weighted by atomic mass is 16.2. The maximum atomic E-state index is 12.8. The van der Waals surface area contributed by atoms with Gasteiger partial charge in [-0.1, -0.05) is 6.07 Å². The van der Waals surface area contributed by atoms with E-state index in [-0.39, 0.29) is 18.1 Å². The molecule has 0 bridgehead atoms. The third-order valence-corrected chi connectivity index (χ3v) is 5.10. The van der Waals surface area contributed by atoms with E-state index in [2.05, 4.69) is 21.3 Å². The molecule has 0 spiro atoms. The molecule has 0 saturated carbocycles. The van der Waals surface area contributed by atoms with Gasteiger partial charge in [0.2, 0.25) is 0 Å². The largest absolute Gasteiger partial charge is 0.353 e. The molecule has 0 aliphatic carbocycles. The number of benzene rings is 1. The van der Waals surface area contributed by atoms with E-state index in [4.69, 9.17) is 0 Å². The van der Waals surface area contributed by atoms with Gasteiger partial charge in [0.15, 0.2) is 0 Å². The zero-order chi connectivity index (χ0) is 18.1. The van der Waals surface area contributed by atoms with Crippen LogP contribution in [0.3, 0.4) is 0 Å². The Balaban J connectivity index is 1.49. The van der Waals surface area contributed by atoms with E-state index in [1.54, 1.807) is 4.90 Å². The van der Waals surface area contributed by atoms with E-state index in [0.29, 0.717) is 18.8 Å². The van der Waals surface area contributed by atoms with Gasteiger partial charge in [-0.25, -0.2) is 9.59 Å². The Hall–Kier alpha value is -2.96. The molecule has 2 saturated heterocycles. The molecular weight excluding hydrogens is 330 g/mol. The second kappa shape index (κ2) is 6.74. The van der Waals surface area contributed by atoms with Crippen LogP contribution < -0.4 is 15.5 Å². The summed E-state index contributed by atoms with van der Waals surface area (Å²) in [5, 5.41) is 5.78. The summed E-state index contributed by atoms with van der Waals surface area (Å²) in [6.45, 7) is 2.02. The van der Waals surface area contributed by atoms with Gasteiger partial charge in [0.25, 0.3) is 0 Å². The van der Waals surface area contributed by atoms with E-state index in [9.17, 15) is 9.59 Å². The fourth-order valence-corrected chi connectivity index (χ4v) is 3.80. The van der Waals surface area contributed by atoms with Crippen LogP contribution in [0.5, 0.6) is 0 Å². The summed E-state index contributed by atoms with van der Waals surface area (Å²) < 4.78 is 2.07. The molecule has 7 nitrogen and oxygen atoms in total. The molecule has 2 fully saturated rings. The molecule has 26 heavy (non-hydrogen) atoms. The highest BCUT2D eigenvalue weighted by molar-refractivity contribution is 5.96. The Morgan fingerprint density at radius 1 is 1.23 bits per heavy atom. The third-order valence-electron chi connectivity index (χ3n) is 5.10. The second-order valence-electron chi connectivity index (χ2n) is 6.76. The molecule has 2 aromatic rings. The predicted molar refractivity (Wildman–Crippen MR) is 100 cm³/mol. The standard InChI is InChI=1S/C19H23N5O2/c1-22-10-3-7-16(22)17-8-4-11-24(17)19(26)21-14-5-2-6-15(13-14)23-12-9-20-18(23)25/h2-3,5-7,10,13,17H,4,8-9,11-12H2,1H3,(H,20,25)(H,21,26). The minimum Gasteiger partial charge on any atom is -0.353 e. The monoisotopic (exact) mass is 353 g/mol. The zero-order valence-corrected chi connectivity index (χ0v) is 14.8. The van der Waals surface area contributed by atoms with Gasteiger partial charge < -0.3 is 20.1 Å². The van der Waals surface area contributed by atoms with E-state index in [1.807, 2.05) is 48.5 Å². The summed E-state index contributed by atoms with van der Waals surface area (Å²) >= 11 is 0. The van der Waals surface area contributed by atoms with Crippen LogP contribution in [-0.2, 0) is 7.05 Å². The summed E-state index contributed by atoms with van der Waals surface area (Å²) in [5.74, 6) is 0. The molecule has 3 heterocycles. The normalized spacial score (nSPS) is 19.7. The first-order chi connectivity index (χ1) is 12.6. The molecule has 0 radical (unpaired) electrons. The van der Waals surface area contributed by atoms with E-state index in [0.717, 1.165) is 30.8 Å². The quantitative estimate of drug-likeness (QED) is 0.891. The Morgan fingerprint density at radius 2 is 2.12 bits per heavy atom. The van der Waals surface area contributed by atoms with E-state index < -0.39 is 0 Å². The Labute approximate surface area is 152 Å². The van der Waals surface area contributed by atoms with Crippen molar-refractivity contribution in [1.82, 2.24) is 14.8 Å². The number of likely N-dealkylation sites (tertiary alicyclic amines) is 1. The number of anilines is 2. The van der Waals surface area contributed by atoms with Gasteiger partial charge in [0.1, 0.15) is 0 Å². The van der Waals surface area contributed by atoms with Crippen LogP contribution in [-0.4, -0.2) is 41.2 Å². The van der Waals surface area contributed by atoms with Crippen molar-refractivity contribution in [3.8, 4) is 0 Å². The van der Waals surface area contributed by atoms with Gasteiger partial charge >= 0.3 is 12.1 Å². The van der Waals surface area contributed by atoms with Crippen molar-refractivity contribution in [2.45, 2.75) is 18.9 Å². The van der Waals surface area contributed by atoms with Gasteiger partial charge in [-0.05, 0) is 43.2 Å². The Kier molecular flexibility index (Phi) is 4.28. The van der Waals surface area contributed by atoms with Crippen molar-refractivity contribution in [1.29, 1.82) is 0 Å². The van der Waals surface area contributed by atoms with Crippen LogP contribution in [0, 0.1) is 0 Å². The number of rotatable bonds is 3. The summed E-state index contributed by atoms with van der Waals surface area (Å²) in [7, 11) is 2.01. The molecule has 1 aromatic heterocycles.